The van der Waals surface area contributed by atoms with E-state index in [1.54, 1.807) is 0 Å². The summed E-state index contributed by atoms with van der Waals surface area (Å²) in [5, 5.41) is 17.9. The number of hydrogen-bond donors (Lipinski definition) is 2. The van der Waals surface area contributed by atoms with Gasteiger partial charge in [0.05, 0.1) is 13.2 Å². The van der Waals surface area contributed by atoms with E-state index in [1.165, 1.54) is 12.8 Å². The van der Waals surface area contributed by atoms with Crippen molar-refractivity contribution >= 4 is 0 Å². The first-order valence-electron chi connectivity index (χ1n) is 7.11. The van der Waals surface area contributed by atoms with E-state index in [2.05, 4.69) is 23.6 Å². The maximum Gasteiger partial charge on any atom is 0.0881 e. The summed E-state index contributed by atoms with van der Waals surface area (Å²) in [5.74, 6) is 2.53. The largest absolute Gasteiger partial charge is 0.252 e. The highest BCUT2D eigenvalue weighted by Gasteiger charge is 2.70. The fourth-order valence-corrected chi connectivity index (χ4v) is 5.86. The summed E-state index contributed by atoms with van der Waals surface area (Å²) in [7, 11) is 0. The van der Waals surface area contributed by atoms with E-state index in [1.807, 2.05) is 0 Å². The summed E-state index contributed by atoms with van der Waals surface area (Å²) in [6.45, 7) is 5.45. The molecule has 6 atom stereocenters. The molecule has 0 radical (unpaired) electrons. The Labute approximate surface area is 108 Å². The monoisotopic (exact) mass is 256 g/mol. The molecule has 0 aromatic carbocycles. The van der Waals surface area contributed by atoms with Gasteiger partial charge in [-0.3, -0.25) is 10.5 Å². The van der Waals surface area contributed by atoms with Crippen LogP contribution in [0, 0.1) is 34.5 Å². The van der Waals surface area contributed by atoms with Crippen LogP contribution in [0.3, 0.4) is 0 Å². The Bertz CT molecular complexity index is 334. The number of rotatable bonds is 4. The molecule has 0 amide bonds. The molecule has 4 nitrogen and oxygen atoms in total. The second kappa shape index (κ2) is 4.17. The first-order chi connectivity index (χ1) is 8.58. The van der Waals surface area contributed by atoms with Crippen LogP contribution >= 0.6 is 0 Å². The molecule has 0 aromatic heterocycles. The van der Waals surface area contributed by atoms with E-state index in [-0.39, 0.29) is 10.8 Å². The molecular weight excluding hydrogens is 232 g/mol. The molecule has 3 aliphatic rings. The van der Waals surface area contributed by atoms with Crippen LogP contribution in [-0.4, -0.2) is 23.7 Å². The van der Waals surface area contributed by atoms with E-state index in [4.69, 9.17) is 10.5 Å². The van der Waals surface area contributed by atoms with Crippen molar-refractivity contribution < 1.29 is 20.3 Å². The van der Waals surface area contributed by atoms with Gasteiger partial charge in [0.2, 0.25) is 0 Å². The Morgan fingerprint density at radius 1 is 1.06 bits per heavy atom. The third-order valence-electron chi connectivity index (χ3n) is 6.38. The number of fused-ring (bicyclic) bond motifs is 5. The molecule has 3 saturated carbocycles. The van der Waals surface area contributed by atoms with Crippen molar-refractivity contribution in [3.63, 3.8) is 0 Å². The van der Waals surface area contributed by atoms with Gasteiger partial charge in [-0.15, -0.1) is 0 Å². The summed E-state index contributed by atoms with van der Waals surface area (Å²) >= 11 is 0. The lowest BCUT2D eigenvalue weighted by Gasteiger charge is -2.42. The lowest BCUT2D eigenvalue weighted by molar-refractivity contribution is -0.271. The van der Waals surface area contributed by atoms with Gasteiger partial charge >= 0.3 is 0 Å². The van der Waals surface area contributed by atoms with Crippen LogP contribution in [0.15, 0.2) is 0 Å². The maximum absolute atomic E-state index is 8.98. The van der Waals surface area contributed by atoms with Crippen molar-refractivity contribution in [3.05, 3.63) is 0 Å². The van der Waals surface area contributed by atoms with Crippen LogP contribution in [0.2, 0.25) is 0 Å². The summed E-state index contributed by atoms with van der Waals surface area (Å²) in [6, 6.07) is 0. The standard InChI is InChI=1S/C14H24O4/c1-9-3-11-12(4-9)14(8-18-16)6-13(11,7-17-15)5-10(14)2/h9-12,15-16H,3-8H2,1-2H3. The number of hydrogen-bond acceptors (Lipinski definition) is 4. The van der Waals surface area contributed by atoms with E-state index >= 15 is 0 Å². The molecular formula is C14H24O4. The van der Waals surface area contributed by atoms with Gasteiger partial charge in [0.25, 0.3) is 0 Å². The molecule has 2 bridgehead atoms. The molecule has 2 N–H and O–H groups in total. The Morgan fingerprint density at radius 2 is 1.72 bits per heavy atom. The predicted octanol–water partition coefficient (Wildman–Crippen LogP) is 3.04. The molecule has 18 heavy (non-hydrogen) atoms. The van der Waals surface area contributed by atoms with Crippen LogP contribution in [0.5, 0.6) is 0 Å². The van der Waals surface area contributed by atoms with Gasteiger partial charge in [-0.05, 0) is 49.4 Å². The van der Waals surface area contributed by atoms with Gasteiger partial charge in [0.15, 0.2) is 0 Å². The highest BCUT2D eigenvalue weighted by Crippen LogP contribution is 2.74. The van der Waals surface area contributed by atoms with E-state index < -0.39 is 0 Å². The smallest absolute Gasteiger partial charge is 0.0881 e. The molecule has 3 rings (SSSR count). The first kappa shape index (κ1) is 12.9. The van der Waals surface area contributed by atoms with Crippen molar-refractivity contribution in [2.75, 3.05) is 13.2 Å². The normalized spacial score (nSPS) is 54.0. The van der Waals surface area contributed by atoms with Gasteiger partial charge in [-0.1, -0.05) is 13.8 Å². The molecule has 0 aromatic rings. The van der Waals surface area contributed by atoms with E-state index in [9.17, 15) is 0 Å². The molecule has 6 unspecified atom stereocenters. The van der Waals surface area contributed by atoms with Gasteiger partial charge in [0.1, 0.15) is 0 Å². The van der Waals surface area contributed by atoms with Crippen LogP contribution < -0.4 is 0 Å². The van der Waals surface area contributed by atoms with E-state index in [0.29, 0.717) is 31.0 Å². The molecule has 3 aliphatic carbocycles. The Morgan fingerprint density at radius 3 is 2.39 bits per heavy atom. The summed E-state index contributed by atoms with van der Waals surface area (Å²) < 4.78 is 0. The van der Waals surface area contributed by atoms with Gasteiger partial charge in [-0.25, -0.2) is 9.78 Å². The second-order valence-electron chi connectivity index (χ2n) is 7.21. The summed E-state index contributed by atoms with van der Waals surface area (Å²) in [5.41, 5.74) is 0.213. The molecule has 104 valence electrons. The van der Waals surface area contributed by atoms with Crippen molar-refractivity contribution in [3.8, 4) is 0 Å². The Balaban J connectivity index is 1.96. The minimum absolute atomic E-state index is 0.0999. The minimum Gasteiger partial charge on any atom is -0.252 e. The third kappa shape index (κ3) is 1.46. The molecule has 0 aliphatic heterocycles. The average Bonchev–Trinajstić information content (AvgIpc) is 2.87. The molecule has 4 heteroatoms. The zero-order valence-corrected chi connectivity index (χ0v) is 11.3. The third-order valence-corrected chi connectivity index (χ3v) is 6.38. The average molecular weight is 256 g/mol. The minimum atomic E-state index is 0.0999. The fourth-order valence-electron chi connectivity index (χ4n) is 5.86. The molecule has 0 saturated heterocycles. The highest BCUT2D eigenvalue weighted by molar-refractivity contribution is 5.17. The topological polar surface area (TPSA) is 58.9 Å². The summed E-state index contributed by atoms with van der Waals surface area (Å²) in [4.78, 5) is 9.14. The van der Waals surface area contributed by atoms with Crippen LogP contribution in [0.1, 0.15) is 39.5 Å². The predicted molar refractivity (Wildman–Crippen MR) is 65.8 cm³/mol. The van der Waals surface area contributed by atoms with Crippen molar-refractivity contribution in [1.29, 1.82) is 0 Å². The quantitative estimate of drug-likeness (QED) is 0.599. The molecule has 3 fully saturated rings. The lowest BCUT2D eigenvalue weighted by atomic mass is 9.64. The SMILES string of the molecule is CC1CC2C(C1)C1(COO)CC2(COO)CC1C. The van der Waals surface area contributed by atoms with E-state index in [0.717, 1.165) is 18.8 Å². The first-order valence-corrected chi connectivity index (χ1v) is 7.11. The fraction of sp³-hybridized carbons (Fsp3) is 1.00. The van der Waals surface area contributed by atoms with Gasteiger partial charge in [0, 0.05) is 10.8 Å². The van der Waals surface area contributed by atoms with Gasteiger partial charge in [-0.2, -0.15) is 0 Å². The zero-order chi connectivity index (χ0) is 13.0. The highest BCUT2D eigenvalue weighted by atomic mass is 17.1. The van der Waals surface area contributed by atoms with Crippen molar-refractivity contribution in [2.24, 2.45) is 34.5 Å². The van der Waals surface area contributed by atoms with Crippen molar-refractivity contribution in [1.82, 2.24) is 0 Å². The van der Waals surface area contributed by atoms with Crippen molar-refractivity contribution in [2.45, 2.75) is 39.5 Å². The maximum atomic E-state index is 8.98. The Hall–Kier alpha value is -0.160. The zero-order valence-electron chi connectivity index (χ0n) is 11.3. The molecule has 0 spiro atoms. The Kier molecular flexibility index (Phi) is 2.98. The van der Waals surface area contributed by atoms with Crippen LogP contribution in [0.4, 0.5) is 0 Å². The second-order valence-corrected chi connectivity index (χ2v) is 7.21. The summed E-state index contributed by atoms with van der Waals surface area (Å²) in [6.07, 6.45) is 4.58. The van der Waals surface area contributed by atoms with Crippen LogP contribution in [0.25, 0.3) is 0 Å². The van der Waals surface area contributed by atoms with Gasteiger partial charge < -0.3 is 0 Å². The van der Waals surface area contributed by atoms with Crippen LogP contribution in [-0.2, 0) is 9.78 Å². The lowest BCUT2D eigenvalue weighted by Crippen LogP contribution is -2.40. The molecule has 0 heterocycles.